The van der Waals surface area contributed by atoms with E-state index in [2.05, 4.69) is 0 Å². The number of hydrogen-bond acceptors (Lipinski definition) is 5. The van der Waals surface area contributed by atoms with Crippen molar-refractivity contribution in [1.29, 1.82) is 0 Å². The van der Waals surface area contributed by atoms with Crippen molar-refractivity contribution in [1.82, 2.24) is 0 Å². The molecule has 0 rings (SSSR count). The molecule has 0 atom stereocenters. The summed E-state index contributed by atoms with van der Waals surface area (Å²) in [6.45, 7) is 7.36. The van der Waals surface area contributed by atoms with Gasteiger partial charge in [0.25, 0.3) is 0 Å². The average molecular weight is 254 g/mol. The van der Waals surface area contributed by atoms with Crippen molar-refractivity contribution in [3.63, 3.8) is 0 Å². The Morgan fingerprint density at radius 2 is 1.33 bits per heavy atom. The van der Waals surface area contributed by atoms with Crippen LogP contribution in [0.1, 0.15) is 20.8 Å². The predicted molar refractivity (Wildman–Crippen MR) is 46.9 cm³/mol. The van der Waals surface area contributed by atoms with E-state index in [1.165, 1.54) is 0 Å². The number of ketones is 1. The maximum absolute atomic E-state index is 10.2. The number of carbonyl (C=O) groups excluding carboxylic acids is 2. The first-order valence-corrected chi connectivity index (χ1v) is 4.07. The first-order valence-electron chi connectivity index (χ1n) is 3.07. The molecule has 0 aromatic heterocycles. The third-order valence-electron chi connectivity index (χ3n) is 0.492. The summed E-state index contributed by atoms with van der Waals surface area (Å²) in [5.41, 5.74) is 1.06. The largest absolute Gasteiger partial charge is 1.00 e. The van der Waals surface area contributed by atoms with Gasteiger partial charge in [0.2, 0.25) is 0 Å². The zero-order chi connectivity index (χ0) is 11.4. The summed E-state index contributed by atoms with van der Waals surface area (Å²) in [6.07, 6.45) is 1.61. The van der Waals surface area contributed by atoms with Crippen LogP contribution in [0.25, 0.3) is 0 Å². The van der Waals surface area contributed by atoms with Gasteiger partial charge < -0.3 is 13.9 Å². The van der Waals surface area contributed by atoms with Gasteiger partial charge in [0.15, 0.2) is 5.78 Å². The van der Waals surface area contributed by atoms with Crippen molar-refractivity contribution in [2.45, 2.75) is 20.8 Å². The Morgan fingerprint density at radius 3 is 1.33 bits per heavy atom. The number of rotatable bonds is 1. The van der Waals surface area contributed by atoms with E-state index in [9.17, 15) is 4.79 Å². The van der Waals surface area contributed by atoms with E-state index in [0.29, 0.717) is 0 Å². The fraction of sp³-hybridized carbons (Fsp3) is 0.429. The van der Waals surface area contributed by atoms with Crippen LogP contribution in [-0.4, -0.2) is 25.9 Å². The van der Waals surface area contributed by atoms with Gasteiger partial charge in [-0.05, 0) is 26.8 Å². The molecule has 0 aliphatic carbocycles. The smallest absolute Gasteiger partial charge is 0.784 e. The third-order valence-corrected chi connectivity index (χ3v) is 0.492. The van der Waals surface area contributed by atoms with E-state index in [-0.39, 0.29) is 64.9 Å². The minimum absolute atomic E-state index is 0. The molecular formula is C7H12Na2O5S. The van der Waals surface area contributed by atoms with Crippen LogP contribution in [0.4, 0.5) is 0 Å². The van der Waals surface area contributed by atoms with Crippen LogP contribution in [-0.2, 0) is 21.0 Å². The van der Waals surface area contributed by atoms with Gasteiger partial charge in [-0.2, -0.15) is 0 Å². The molecule has 0 saturated heterocycles. The Balaban J connectivity index is -0.0000000367. The van der Waals surface area contributed by atoms with Crippen LogP contribution in [0.5, 0.6) is 0 Å². The molecule has 0 saturated carbocycles. The van der Waals surface area contributed by atoms with E-state index in [4.69, 9.17) is 18.1 Å². The second kappa shape index (κ2) is 24.4. The third kappa shape index (κ3) is 98.8. The predicted octanol–water partition coefficient (Wildman–Crippen LogP) is -5.64. The van der Waals surface area contributed by atoms with E-state index in [0.717, 1.165) is 5.57 Å². The standard InChI is InChI=1S/C6H10O.CH2O.2Na.H2O3S/c1-5(2)4-6(3)7;1-2;;;1-4(2)3/h4H,1-3H3;1H2;;;(H2,1,2,3)/q;;2*+1;/p-2. The topological polar surface area (TPSA) is 97.3 Å². The molecule has 15 heavy (non-hydrogen) atoms. The van der Waals surface area contributed by atoms with Crippen molar-refractivity contribution in [2.24, 2.45) is 0 Å². The molecule has 5 nitrogen and oxygen atoms in total. The monoisotopic (exact) mass is 254 g/mol. The normalized spacial score (nSPS) is 6.27. The Kier molecular flexibility index (Phi) is 48.5. The number of allylic oxidation sites excluding steroid dienone is 2. The fourth-order valence-electron chi connectivity index (χ4n) is 0.407. The van der Waals surface area contributed by atoms with Gasteiger partial charge >= 0.3 is 59.1 Å². The van der Waals surface area contributed by atoms with E-state index >= 15 is 0 Å². The van der Waals surface area contributed by atoms with E-state index < -0.39 is 11.4 Å². The molecule has 0 fully saturated rings. The second-order valence-corrected chi connectivity index (χ2v) is 2.44. The van der Waals surface area contributed by atoms with Crippen molar-refractivity contribution in [3.8, 4) is 0 Å². The van der Waals surface area contributed by atoms with Gasteiger partial charge in [0.05, 0.1) is 0 Å². The van der Waals surface area contributed by atoms with Gasteiger partial charge in [-0.25, -0.2) is 0 Å². The van der Waals surface area contributed by atoms with Gasteiger partial charge in [0.1, 0.15) is 6.79 Å². The zero-order valence-corrected chi connectivity index (χ0v) is 14.6. The second-order valence-electron chi connectivity index (χ2n) is 2.04. The summed E-state index contributed by atoms with van der Waals surface area (Å²) < 4.78 is 25.3. The minimum Gasteiger partial charge on any atom is -0.784 e. The SMILES string of the molecule is C=O.CC(=O)C=C(C)C.O=S([O-])[O-].[Na+].[Na+]. The molecule has 0 radical (unpaired) electrons. The molecular weight excluding hydrogens is 242 g/mol. The molecule has 0 bridgehead atoms. The summed E-state index contributed by atoms with van der Waals surface area (Å²) in [5, 5.41) is 0. The minimum atomic E-state index is -3.11. The summed E-state index contributed by atoms with van der Waals surface area (Å²) >= 11 is -3.11. The number of hydrogen-bond donors (Lipinski definition) is 0. The Morgan fingerprint density at radius 1 is 1.13 bits per heavy atom. The fourth-order valence-corrected chi connectivity index (χ4v) is 0.407. The molecule has 0 N–H and O–H groups in total. The van der Waals surface area contributed by atoms with E-state index in [1.54, 1.807) is 13.0 Å². The van der Waals surface area contributed by atoms with Crippen LogP contribution in [0, 0.1) is 0 Å². The van der Waals surface area contributed by atoms with E-state index in [1.807, 2.05) is 20.6 Å². The van der Waals surface area contributed by atoms with Gasteiger partial charge in [-0.3, -0.25) is 9.00 Å². The summed E-state index contributed by atoms with van der Waals surface area (Å²) in [6, 6.07) is 0. The van der Waals surface area contributed by atoms with Gasteiger partial charge in [0, 0.05) is 0 Å². The molecule has 0 amide bonds. The molecule has 78 valence electrons. The molecule has 0 unspecified atom stereocenters. The first kappa shape index (κ1) is 29.8. The van der Waals surface area contributed by atoms with Crippen LogP contribution in [0.3, 0.4) is 0 Å². The van der Waals surface area contributed by atoms with Gasteiger partial charge in [-0.15, -0.1) is 11.4 Å². The zero-order valence-electron chi connectivity index (χ0n) is 9.73. The molecule has 0 aliphatic heterocycles. The maximum Gasteiger partial charge on any atom is 1.00 e. The van der Waals surface area contributed by atoms with Crippen LogP contribution in [0.2, 0.25) is 0 Å². The summed E-state index contributed by atoms with van der Waals surface area (Å²) in [4.78, 5) is 18.2. The van der Waals surface area contributed by atoms with Crippen molar-refractivity contribution in [2.75, 3.05) is 0 Å². The average Bonchev–Trinajstić information content (AvgIpc) is 1.87. The Hall–Kier alpha value is 1.15. The van der Waals surface area contributed by atoms with Crippen LogP contribution in [0.15, 0.2) is 11.6 Å². The molecule has 0 heterocycles. The Bertz CT molecular complexity index is 188. The Labute approximate surface area is 137 Å². The summed E-state index contributed by atoms with van der Waals surface area (Å²) in [5.74, 6) is 0.125. The van der Waals surface area contributed by atoms with Crippen LogP contribution >= 0.6 is 0 Å². The quantitative estimate of drug-likeness (QED) is 0.264. The first-order chi connectivity index (χ1) is 5.86. The van der Waals surface area contributed by atoms with Crippen molar-refractivity contribution >= 4 is 23.9 Å². The molecule has 0 aliphatic rings. The number of carbonyl (C=O) groups is 2. The molecule has 0 aromatic rings. The maximum atomic E-state index is 10.2. The van der Waals surface area contributed by atoms with Gasteiger partial charge in [-0.1, -0.05) is 5.57 Å². The van der Waals surface area contributed by atoms with Crippen molar-refractivity contribution in [3.05, 3.63) is 11.6 Å². The molecule has 8 heteroatoms. The van der Waals surface area contributed by atoms with Crippen LogP contribution < -0.4 is 59.1 Å². The summed E-state index contributed by atoms with van der Waals surface area (Å²) in [7, 11) is 0. The molecule has 0 spiro atoms. The molecule has 0 aromatic carbocycles. The van der Waals surface area contributed by atoms with Crippen molar-refractivity contribution < 1.29 is 82.0 Å².